The van der Waals surface area contributed by atoms with Crippen LogP contribution >= 0.6 is 0 Å². The highest BCUT2D eigenvalue weighted by molar-refractivity contribution is 6.04. The maximum atomic E-state index is 13.1. The molecule has 1 fully saturated rings. The number of ether oxygens (including phenoxy) is 1. The summed E-state index contributed by atoms with van der Waals surface area (Å²) in [6.07, 6.45) is -2.80. The fourth-order valence-corrected chi connectivity index (χ4v) is 4.24. The van der Waals surface area contributed by atoms with Gasteiger partial charge in [-0.1, -0.05) is 12.1 Å². The Morgan fingerprint density at radius 1 is 1.11 bits per heavy atom. The number of aliphatic hydroxyl groups excluding tert-OH is 1. The van der Waals surface area contributed by atoms with Gasteiger partial charge in [0.1, 0.15) is 5.82 Å². The first kappa shape index (κ1) is 25.7. The van der Waals surface area contributed by atoms with Gasteiger partial charge < -0.3 is 20.5 Å². The van der Waals surface area contributed by atoms with Gasteiger partial charge in [0.15, 0.2) is 0 Å². The van der Waals surface area contributed by atoms with Crippen LogP contribution in [0.1, 0.15) is 45.9 Å². The number of carbonyl (C=O) groups is 1. The molecule has 0 aliphatic carbocycles. The van der Waals surface area contributed by atoms with E-state index in [1.54, 1.807) is 12.1 Å². The molecule has 2 heterocycles. The number of hydrogen-bond acceptors (Lipinski definition) is 5. The fraction of sp³-hybridized carbons (Fsp3) is 0.333. The van der Waals surface area contributed by atoms with Crippen molar-refractivity contribution < 1.29 is 27.8 Å². The smallest absolute Gasteiger partial charge is 0.395 e. The van der Waals surface area contributed by atoms with Crippen molar-refractivity contribution in [1.29, 1.82) is 0 Å². The predicted octanol–water partition coefficient (Wildman–Crippen LogP) is 5.63. The molecule has 0 atom stereocenters. The summed E-state index contributed by atoms with van der Waals surface area (Å²) >= 11 is 0. The predicted molar refractivity (Wildman–Crippen MR) is 132 cm³/mol. The van der Waals surface area contributed by atoms with Gasteiger partial charge in [-0.05, 0) is 78.9 Å². The Morgan fingerprint density at radius 2 is 1.89 bits per heavy atom. The third-order valence-electron chi connectivity index (χ3n) is 6.16. The van der Waals surface area contributed by atoms with Gasteiger partial charge >= 0.3 is 6.18 Å². The number of aromatic nitrogens is 1. The second-order valence-corrected chi connectivity index (χ2v) is 8.77. The Morgan fingerprint density at radius 3 is 2.61 bits per heavy atom. The minimum atomic E-state index is -4.53. The molecule has 1 aromatic heterocycles. The average Bonchev–Trinajstić information content (AvgIpc) is 2.88. The Labute approximate surface area is 207 Å². The van der Waals surface area contributed by atoms with Crippen LogP contribution in [0.5, 0.6) is 0 Å². The lowest BCUT2D eigenvalue weighted by atomic mass is 9.92. The molecule has 2 aromatic carbocycles. The van der Waals surface area contributed by atoms with Gasteiger partial charge in [-0.2, -0.15) is 13.2 Å². The van der Waals surface area contributed by atoms with E-state index in [1.165, 1.54) is 12.1 Å². The van der Waals surface area contributed by atoms with E-state index >= 15 is 0 Å². The lowest BCUT2D eigenvalue weighted by molar-refractivity contribution is -0.137. The highest BCUT2D eigenvalue weighted by Crippen LogP contribution is 2.34. The van der Waals surface area contributed by atoms with Crippen LogP contribution in [-0.4, -0.2) is 42.4 Å². The maximum absolute atomic E-state index is 13.1. The van der Waals surface area contributed by atoms with Crippen molar-refractivity contribution >= 4 is 17.4 Å². The van der Waals surface area contributed by atoms with Crippen LogP contribution < -0.4 is 10.6 Å². The second-order valence-electron chi connectivity index (χ2n) is 8.77. The Bertz CT molecular complexity index is 1220. The first-order valence-electron chi connectivity index (χ1n) is 11.8. The van der Waals surface area contributed by atoms with Gasteiger partial charge in [-0.3, -0.25) is 4.79 Å². The second kappa shape index (κ2) is 11.1. The van der Waals surface area contributed by atoms with E-state index < -0.39 is 17.6 Å². The van der Waals surface area contributed by atoms with E-state index in [0.717, 1.165) is 47.4 Å². The highest BCUT2D eigenvalue weighted by atomic mass is 19.4. The molecular formula is C27H28F3N3O3. The summed E-state index contributed by atoms with van der Waals surface area (Å²) in [4.78, 5) is 17.5. The number of amides is 1. The van der Waals surface area contributed by atoms with Crippen molar-refractivity contribution in [2.75, 3.05) is 37.0 Å². The summed E-state index contributed by atoms with van der Waals surface area (Å²) in [5.41, 5.74) is 3.15. The van der Waals surface area contributed by atoms with Gasteiger partial charge in [-0.25, -0.2) is 4.98 Å². The normalized spacial score (nSPS) is 14.5. The van der Waals surface area contributed by atoms with E-state index in [1.807, 2.05) is 25.1 Å². The number of alkyl halides is 3. The van der Waals surface area contributed by atoms with E-state index in [4.69, 9.17) is 9.72 Å². The molecule has 0 spiro atoms. The molecule has 1 saturated heterocycles. The Hall–Kier alpha value is -3.43. The van der Waals surface area contributed by atoms with Crippen LogP contribution in [0, 0.1) is 6.92 Å². The zero-order valence-electron chi connectivity index (χ0n) is 19.9. The number of anilines is 2. The summed E-state index contributed by atoms with van der Waals surface area (Å²) in [6, 6.07) is 13.6. The number of hydrogen-bond donors (Lipinski definition) is 3. The van der Waals surface area contributed by atoms with Crippen LogP contribution in [0.4, 0.5) is 24.7 Å². The summed E-state index contributed by atoms with van der Waals surface area (Å²) in [6.45, 7) is 3.62. The zero-order valence-corrected chi connectivity index (χ0v) is 19.9. The largest absolute Gasteiger partial charge is 0.416 e. The SMILES string of the molecule is Cc1ccc(NC(=O)c2cccc(C(F)(F)F)c2)cc1-c1cc(NCCO)nc(C2CCOCC2)c1. The summed E-state index contributed by atoms with van der Waals surface area (Å²) in [5, 5.41) is 15.1. The third-order valence-corrected chi connectivity index (χ3v) is 6.16. The molecule has 0 bridgehead atoms. The standard InChI is InChI=1S/C27H28F3N3O3/c1-17-5-6-22(32-26(35)19-3-2-4-21(13-19)27(28,29)30)16-23(17)20-14-24(18-7-11-36-12-8-18)33-25(15-20)31-9-10-34/h2-6,13-16,18,34H,7-12H2,1H3,(H,31,33)(H,32,35). The van der Waals surface area contributed by atoms with E-state index in [9.17, 15) is 23.1 Å². The van der Waals surface area contributed by atoms with Crippen molar-refractivity contribution in [3.05, 3.63) is 77.0 Å². The summed E-state index contributed by atoms with van der Waals surface area (Å²) in [7, 11) is 0. The Kier molecular flexibility index (Phi) is 7.91. The Balaban J connectivity index is 1.64. The molecule has 4 rings (SSSR count). The van der Waals surface area contributed by atoms with Crippen molar-refractivity contribution in [3.8, 4) is 11.1 Å². The molecule has 0 radical (unpaired) electrons. The molecule has 3 aromatic rings. The number of nitrogens with zero attached hydrogens (tertiary/aromatic N) is 1. The summed E-state index contributed by atoms with van der Waals surface area (Å²) < 4.78 is 44.7. The quantitative estimate of drug-likeness (QED) is 0.393. The number of benzene rings is 2. The van der Waals surface area contributed by atoms with Crippen LogP contribution in [-0.2, 0) is 10.9 Å². The molecular weight excluding hydrogens is 471 g/mol. The molecule has 1 aliphatic rings. The van der Waals surface area contributed by atoms with Gasteiger partial charge in [0.2, 0.25) is 0 Å². The monoisotopic (exact) mass is 499 g/mol. The van der Waals surface area contributed by atoms with E-state index in [0.29, 0.717) is 31.3 Å². The molecule has 9 heteroatoms. The average molecular weight is 500 g/mol. The topological polar surface area (TPSA) is 83.5 Å². The molecule has 1 aliphatic heterocycles. The zero-order chi connectivity index (χ0) is 25.7. The van der Waals surface area contributed by atoms with Crippen LogP contribution in [0.25, 0.3) is 11.1 Å². The fourth-order valence-electron chi connectivity index (χ4n) is 4.24. The highest BCUT2D eigenvalue weighted by Gasteiger charge is 2.31. The number of pyridine rings is 1. The maximum Gasteiger partial charge on any atom is 0.416 e. The molecule has 0 saturated carbocycles. The van der Waals surface area contributed by atoms with E-state index in [-0.39, 0.29) is 18.1 Å². The number of carbonyl (C=O) groups excluding carboxylic acids is 1. The lowest BCUT2D eigenvalue weighted by Crippen LogP contribution is -2.16. The van der Waals surface area contributed by atoms with Crippen LogP contribution in [0.3, 0.4) is 0 Å². The number of aryl methyl sites for hydroxylation is 1. The first-order chi connectivity index (χ1) is 17.2. The van der Waals surface area contributed by atoms with E-state index in [2.05, 4.69) is 10.6 Å². The van der Waals surface area contributed by atoms with Crippen molar-refractivity contribution in [2.24, 2.45) is 0 Å². The molecule has 190 valence electrons. The lowest BCUT2D eigenvalue weighted by Gasteiger charge is -2.23. The van der Waals surface area contributed by atoms with Gasteiger partial charge in [0, 0.05) is 42.6 Å². The van der Waals surface area contributed by atoms with Gasteiger partial charge in [0.05, 0.1) is 12.2 Å². The molecule has 3 N–H and O–H groups in total. The number of halogens is 3. The molecule has 0 unspecified atom stereocenters. The minimum absolute atomic E-state index is 0.0331. The van der Waals surface area contributed by atoms with Crippen LogP contribution in [0.15, 0.2) is 54.6 Å². The minimum Gasteiger partial charge on any atom is -0.395 e. The van der Waals surface area contributed by atoms with Gasteiger partial charge in [-0.15, -0.1) is 0 Å². The van der Waals surface area contributed by atoms with Gasteiger partial charge in [0.25, 0.3) is 5.91 Å². The number of rotatable bonds is 7. The number of nitrogens with one attached hydrogen (secondary N) is 2. The molecule has 6 nitrogen and oxygen atoms in total. The molecule has 36 heavy (non-hydrogen) atoms. The van der Waals surface area contributed by atoms with Crippen molar-refractivity contribution in [2.45, 2.75) is 31.9 Å². The van der Waals surface area contributed by atoms with Crippen LogP contribution in [0.2, 0.25) is 0 Å². The van der Waals surface area contributed by atoms with Crippen molar-refractivity contribution in [3.63, 3.8) is 0 Å². The first-order valence-corrected chi connectivity index (χ1v) is 11.8. The van der Waals surface area contributed by atoms with Crippen molar-refractivity contribution in [1.82, 2.24) is 4.98 Å². The number of aliphatic hydroxyl groups is 1. The summed E-state index contributed by atoms with van der Waals surface area (Å²) in [5.74, 6) is 0.261. The molecule has 1 amide bonds. The third kappa shape index (κ3) is 6.22.